The summed E-state index contributed by atoms with van der Waals surface area (Å²) in [7, 11) is 0. The third-order valence-corrected chi connectivity index (χ3v) is 16.5. The fraction of sp³-hybridized carbons (Fsp3) is 0.905. The summed E-state index contributed by atoms with van der Waals surface area (Å²) in [5.74, 6) is -8.53. The summed E-state index contributed by atoms with van der Waals surface area (Å²) in [6.45, 7) is 14.4. The van der Waals surface area contributed by atoms with Gasteiger partial charge in [0.15, 0.2) is 11.7 Å². The van der Waals surface area contributed by atoms with Crippen LogP contribution in [0.3, 0.4) is 0 Å². The summed E-state index contributed by atoms with van der Waals surface area (Å²) in [5, 5.41) is 73.1. The molecule has 7 fully saturated rings. The molecule has 0 unspecified atom stereocenters. The minimum atomic E-state index is -2.34. The van der Waals surface area contributed by atoms with Gasteiger partial charge in [0, 0.05) is 50.2 Å². The number of rotatable bonds is 8. The lowest BCUT2D eigenvalue weighted by Crippen LogP contribution is -2.84. The zero-order valence-corrected chi connectivity index (χ0v) is 35.3. The lowest BCUT2D eigenvalue weighted by molar-refractivity contribution is -0.387. The highest BCUT2D eigenvalue weighted by atomic mass is 16.6. The summed E-state index contributed by atoms with van der Waals surface area (Å²) >= 11 is 0. The molecule has 20 atom stereocenters. The highest BCUT2D eigenvalue weighted by molar-refractivity contribution is 5.79. The fourth-order valence-corrected chi connectivity index (χ4v) is 13.4. The van der Waals surface area contributed by atoms with Gasteiger partial charge in [0.05, 0.1) is 41.9 Å². The average molecular weight is 824 g/mol. The first-order valence-corrected chi connectivity index (χ1v) is 21.2. The number of hydrogen-bond acceptors (Lipinski definition) is 16. The molecule has 328 valence electrons. The summed E-state index contributed by atoms with van der Waals surface area (Å²) in [6.07, 6.45) is -6.93. The largest absolute Gasteiger partial charge is 0.458 e. The van der Waals surface area contributed by atoms with Crippen molar-refractivity contribution in [3.05, 3.63) is 0 Å². The Morgan fingerprint density at radius 1 is 0.931 bits per heavy atom. The quantitative estimate of drug-likeness (QED) is 0.145. The first-order chi connectivity index (χ1) is 26.8. The van der Waals surface area contributed by atoms with Gasteiger partial charge in [0.2, 0.25) is 0 Å². The van der Waals surface area contributed by atoms with Gasteiger partial charge in [0.25, 0.3) is 0 Å². The van der Waals surface area contributed by atoms with E-state index < -0.39 is 136 Å². The average Bonchev–Trinajstić information content (AvgIpc) is 3.40. The molecule has 58 heavy (non-hydrogen) atoms. The molecule has 6 N–H and O–H groups in total. The standard InChI is InChI=1S/C42H65NO15/c1-10-20(3)35(48)58-34-29(47)28-24(17-43-16-19(2)11-12-26(43)39(28,9)51)25-15-41-33(42(25,34)53)31(56-23(6)46)30(55-22(5)45)32-37(41,7)14-13-27(40(32,52)18-54-41)57-36(49)38(8,50)21(4)44/h19-21,24-34,44,47,50-53H,10-18H2,1-9H3/t19-,20+,21+,24-,25+,26-,27-,28+,29-,30-,31+,32-,33+,34-,37+,38-,39+,40-,41+,42+/m1/s1. The van der Waals surface area contributed by atoms with Crippen LogP contribution in [0, 0.1) is 46.8 Å². The van der Waals surface area contributed by atoms with Crippen molar-refractivity contribution in [2.75, 3.05) is 19.7 Å². The second-order valence-electron chi connectivity index (χ2n) is 19.9. The number of carbonyl (C=O) groups excluding carboxylic acids is 4. The van der Waals surface area contributed by atoms with Crippen LogP contribution in [0.25, 0.3) is 0 Å². The molecule has 3 heterocycles. The first kappa shape index (κ1) is 43.6. The number of aliphatic hydroxyl groups excluding tert-OH is 2. The first-order valence-electron chi connectivity index (χ1n) is 21.2. The van der Waals surface area contributed by atoms with Crippen LogP contribution in [-0.2, 0) is 42.9 Å². The molecule has 3 saturated heterocycles. The van der Waals surface area contributed by atoms with Crippen LogP contribution < -0.4 is 0 Å². The Hall–Kier alpha value is -2.44. The SMILES string of the molecule is CC[C@H](C)C(=O)O[C@@H]1[C@H](O)[C@@H]2[C@H](CN3C[C@H](C)CC[C@@H]3[C@]2(C)O)[C@@H]2C[C@@]34OC[C@@]5(O)[C@H](OC(=O)[C@](C)(O)[C@H](C)O)CC[C@@]3(C)[C@H]5[C@H](OC(C)=O)[C@H](OC(C)=O)[C@@H]4[C@]12O. The summed E-state index contributed by atoms with van der Waals surface area (Å²) in [6, 6.07) is -0.309. The highest BCUT2D eigenvalue weighted by Crippen LogP contribution is 2.75. The number of nitrogens with zero attached hydrogens (tertiary/aromatic N) is 1. The third-order valence-electron chi connectivity index (χ3n) is 16.5. The number of carbonyl (C=O) groups is 4. The van der Waals surface area contributed by atoms with Gasteiger partial charge in [-0.25, -0.2) is 4.79 Å². The Morgan fingerprint density at radius 3 is 2.14 bits per heavy atom. The van der Waals surface area contributed by atoms with Gasteiger partial charge in [-0.1, -0.05) is 27.7 Å². The molecule has 7 aliphatic rings. The molecule has 0 amide bonds. The second-order valence-corrected chi connectivity index (χ2v) is 19.9. The van der Waals surface area contributed by atoms with E-state index in [1.807, 2.05) is 13.8 Å². The fourth-order valence-electron chi connectivity index (χ4n) is 13.4. The van der Waals surface area contributed by atoms with Crippen LogP contribution in [0.4, 0.5) is 0 Å². The van der Waals surface area contributed by atoms with E-state index in [1.54, 1.807) is 13.8 Å². The van der Waals surface area contributed by atoms with E-state index in [2.05, 4.69) is 11.8 Å². The number of esters is 4. The molecule has 4 bridgehead atoms. The smallest absolute Gasteiger partial charge is 0.340 e. The van der Waals surface area contributed by atoms with E-state index >= 15 is 0 Å². The Balaban J connectivity index is 1.43. The van der Waals surface area contributed by atoms with Crippen molar-refractivity contribution < 1.29 is 73.5 Å². The van der Waals surface area contributed by atoms with Crippen LogP contribution in [-0.4, -0.2) is 150 Å². The van der Waals surface area contributed by atoms with Crippen LogP contribution in [0.15, 0.2) is 0 Å². The van der Waals surface area contributed by atoms with Crippen LogP contribution in [0.5, 0.6) is 0 Å². The van der Waals surface area contributed by atoms with E-state index in [4.69, 9.17) is 23.7 Å². The number of fused-ring (bicyclic) bond motifs is 5. The van der Waals surface area contributed by atoms with Crippen LogP contribution in [0.2, 0.25) is 0 Å². The van der Waals surface area contributed by atoms with E-state index in [1.165, 1.54) is 6.92 Å². The van der Waals surface area contributed by atoms with Gasteiger partial charge in [-0.15, -0.1) is 0 Å². The Labute approximate surface area is 339 Å². The van der Waals surface area contributed by atoms with Crippen molar-refractivity contribution in [2.24, 2.45) is 46.8 Å². The molecule has 0 aromatic heterocycles. The van der Waals surface area contributed by atoms with Gasteiger partial charge in [-0.3, -0.25) is 19.3 Å². The summed E-state index contributed by atoms with van der Waals surface area (Å²) in [5.41, 5.74) is -10.9. The zero-order chi connectivity index (χ0) is 42.9. The minimum Gasteiger partial charge on any atom is -0.458 e. The predicted octanol–water partition coefficient (Wildman–Crippen LogP) is 0.621. The lowest BCUT2D eigenvalue weighted by atomic mass is 9.42. The molecule has 16 nitrogen and oxygen atoms in total. The molecule has 4 saturated carbocycles. The molecule has 0 aromatic carbocycles. The molecule has 3 aliphatic heterocycles. The number of ether oxygens (including phenoxy) is 5. The molecule has 4 aliphatic carbocycles. The van der Waals surface area contributed by atoms with Crippen molar-refractivity contribution in [3.8, 4) is 0 Å². The zero-order valence-electron chi connectivity index (χ0n) is 35.3. The number of aliphatic hydroxyl groups is 6. The molecule has 7 rings (SSSR count). The van der Waals surface area contributed by atoms with E-state index in [0.29, 0.717) is 31.8 Å². The van der Waals surface area contributed by atoms with Gasteiger partial charge >= 0.3 is 23.9 Å². The van der Waals surface area contributed by atoms with Crippen molar-refractivity contribution >= 4 is 23.9 Å². The highest BCUT2D eigenvalue weighted by Gasteiger charge is 2.87. The van der Waals surface area contributed by atoms with Gasteiger partial charge in [-0.2, -0.15) is 0 Å². The molecular formula is C42H65NO15. The van der Waals surface area contributed by atoms with E-state index in [9.17, 15) is 49.8 Å². The maximum Gasteiger partial charge on any atom is 0.340 e. The minimum absolute atomic E-state index is 0.0280. The van der Waals surface area contributed by atoms with Crippen molar-refractivity contribution in [1.29, 1.82) is 0 Å². The van der Waals surface area contributed by atoms with E-state index in [-0.39, 0.29) is 25.3 Å². The second kappa shape index (κ2) is 14.3. The topological polar surface area (TPSA) is 239 Å². The monoisotopic (exact) mass is 823 g/mol. The maximum atomic E-state index is 13.9. The maximum absolute atomic E-state index is 13.9. The molecule has 1 spiro atoms. The third kappa shape index (κ3) is 5.96. The summed E-state index contributed by atoms with van der Waals surface area (Å²) in [4.78, 5) is 55.8. The summed E-state index contributed by atoms with van der Waals surface area (Å²) < 4.78 is 31.2. The normalized spacial score (nSPS) is 50.0. The molecule has 16 heteroatoms. The number of hydrogen-bond donors (Lipinski definition) is 6. The predicted molar refractivity (Wildman–Crippen MR) is 201 cm³/mol. The van der Waals surface area contributed by atoms with Gasteiger partial charge in [-0.05, 0) is 77.0 Å². The van der Waals surface area contributed by atoms with Gasteiger partial charge in [0.1, 0.15) is 29.5 Å². The van der Waals surface area contributed by atoms with E-state index in [0.717, 1.165) is 27.2 Å². The Bertz CT molecular complexity index is 1670. The van der Waals surface area contributed by atoms with Crippen LogP contribution >= 0.6 is 0 Å². The Kier molecular flexibility index (Phi) is 10.8. The lowest BCUT2D eigenvalue weighted by Gasteiger charge is -2.71. The molecular weight excluding hydrogens is 758 g/mol. The molecule has 0 aromatic rings. The van der Waals surface area contributed by atoms with Crippen molar-refractivity contribution in [3.63, 3.8) is 0 Å². The van der Waals surface area contributed by atoms with Gasteiger partial charge < -0.3 is 54.3 Å². The molecule has 0 radical (unpaired) electrons. The van der Waals surface area contributed by atoms with Crippen molar-refractivity contribution in [1.82, 2.24) is 4.90 Å². The number of piperidine rings is 2. The Morgan fingerprint density at radius 2 is 1.55 bits per heavy atom. The van der Waals surface area contributed by atoms with Crippen molar-refractivity contribution in [2.45, 2.75) is 172 Å². The van der Waals surface area contributed by atoms with Crippen LogP contribution in [0.1, 0.15) is 101 Å².